The number of hydrogen-bond donors (Lipinski definition) is 1. The van der Waals surface area contributed by atoms with Crippen molar-refractivity contribution in [2.45, 2.75) is 17.9 Å². The number of rotatable bonds is 6. The number of anilines is 1. The molecule has 0 aliphatic carbocycles. The molecule has 1 aromatic carbocycles. The van der Waals surface area contributed by atoms with E-state index in [1.54, 1.807) is 53.7 Å². The Balaban J connectivity index is 1.76. The first-order chi connectivity index (χ1) is 12.4. The second kappa shape index (κ2) is 7.22. The summed E-state index contributed by atoms with van der Waals surface area (Å²) in [6.45, 7) is 1.97. The molecule has 2 aromatic heterocycles. The summed E-state index contributed by atoms with van der Waals surface area (Å²) in [6.07, 6.45) is 6.73. The van der Waals surface area contributed by atoms with Gasteiger partial charge in [0.05, 0.1) is 17.3 Å². The van der Waals surface area contributed by atoms with Crippen molar-refractivity contribution in [2.24, 2.45) is 0 Å². The molecule has 26 heavy (non-hydrogen) atoms. The number of benzene rings is 1. The van der Waals surface area contributed by atoms with E-state index in [0.717, 1.165) is 5.56 Å². The molecule has 0 bridgehead atoms. The van der Waals surface area contributed by atoms with Crippen molar-refractivity contribution < 1.29 is 8.42 Å². The highest BCUT2D eigenvalue weighted by Crippen LogP contribution is 2.21. The molecule has 1 N–H and O–H groups in total. The van der Waals surface area contributed by atoms with Crippen molar-refractivity contribution in [2.75, 3.05) is 19.4 Å². The van der Waals surface area contributed by atoms with Crippen LogP contribution in [0.25, 0.3) is 5.82 Å². The summed E-state index contributed by atoms with van der Waals surface area (Å²) in [5.74, 6) is 1.22. The van der Waals surface area contributed by atoms with Gasteiger partial charge in [0.25, 0.3) is 0 Å². The predicted molar refractivity (Wildman–Crippen MR) is 98.5 cm³/mol. The highest BCUT2D eigenvalue weighted by atomic mass is 32.2. The number of nitrogens with zero attached hydrogens (tertiary/aromatic N) is 5. The average molecular weight is 372 g/mol. The molecular weight excluding hydrogens is 352 g/mol. The molecule has 1 atom stereocenters. The van der Waals surface area contributed by atoms with E-state index >= 15 is 0 Å². The third-order valence-corrected chi connectivity index (χ3v) is 5.71. The summed E-state index contributed by atoms with van der Waals surface area (Å²) in [5, 5.41) is 7.40. The zero-order chi connectivity index (χ0) is 18.7. The lowest BCUT2D eigenvalue weighted by molar-refractivity contribution is 0.520. The van der Waals surface area contributed by atoms with Gasteiger partial charge in [-0.05, 0) is 30.7 Å². The SMILES string of the molecule is CC(Nc1cncc(-n2cccn2)n1)c1ccc(S(=O)(=O)N(C)C)cc1. The zero-order valence-electron chi connectivity index (χ0n) is 14.7. The molecule has 0 amide bonds. The van der Waals surface area contributed by atoms with Crippen LogP contribution in [0.3, 0.4) is 0 Å². The van der Waals surface area contributed by atoms with E-state index in [0.29, 0.717) is 11.6 Å². The highest BCUT2D eigenvalue weighted by Gasteiger charge is 2.17. The monoisotopic (exact) mass is 372 g/mol. The first-order valence-corrected chi connectivity index (χ1v) is 9.43. The maximum Gasteiger partial charge on any atom is 0.242 e. The molecule has 0 saturated heterocycles. The molecule has 9 heteroatoms. The molecule has 136 valence electrons. The van der Waals surface area contributed by atoms with Crippen molar-refractivity contribution in [1.29, 1.82) is 0 Å². The fourth-order valence-corrected chi connectivity index (χ4v) is 3.29. The van der Waals surface area contributed by atoms with Crippen molar-refractivity contribution in [3.63, 3.8) is 0 Å². The Hall–Kier alpha value is -2.78. The van der Waals surface area contributed by atoms with Crippen LogP contribution in [0, 0.1) is 0 Å². The molecule has 2 heterocycles. The molecule has 0 saturated carbocycles. The van der Waals surface area contributed by atoms with Crippen LogP contribution in [-0.4, -0.2) is 46.6 Å². The van der Waals surface area contributed by atoms with Gasteiger partial charge in [-0.25, -0.2) is 22.4 Å². The van der Waals surface area contributed by atoms with Gasteiger partial charge in [-0.15, -0.1) is 0 Å². The van der Waals surface area contributed by atoms with Crippen LogP contribution in [-0.2, 0) is 10.0 Å². The van der Waals surface area contributed by atoms with Crippen molar-refractivity contribution in [1.82, 2.24) is 24.1 Å². The van der Waals surface area contributed by atoms with Gasteiger partial charge in [0.1, 0.15) is 5.82 Å². The van der Waals surface area contributed by atoms with E-state index in [-0.39, 0.29) is 10.9 Å². The number of nitrogens with one attached hydrogen (secondary N) is 1. The van der Waals surface area contributed by atoms with E-state index in [4.69, 9.17) is 0 Å². The van der Waals surface area contributed by atoms with Crippen molar-refractivity contribution in [3.8, 4) is 5.82 Å². The van der Waals surface area contributed by atoms with E-state index in [2.05, 4.69) is 20.4 Å². The Labute approximate surface area is 152 Å². The smallest absolute Gasteiger partial charge is 0.242 e. The normalized spacial score (nSPS) is 12.9. The van der Waals surface area contributed by atoms with Gasteiger partial charge in [-0.3, -0.25) is 4.98 Å². The van der Waals surface area contributed by atoms with E-state index < -0.39 is 10.0 Å². The van der Waals surface area contributed by atoms with Gasteiger partial charge >= 0.3 is 0 Å². The van der Waals surface area contributed by atoms with Gasteiger partial charge in [-0.2, -0.15) is 5.10 Å². The topological polar surface area (TPSA) is 93.0 Å². The maximum atomic E-state index is 12.1. The molecule has 3 rings (SSSR count). The Bertz CT molecular complexity index is 969. The van der Waals surface area contributed by atoms with Crippen molar-refractivity contribution in [3.05, 3.63) is 60.7 Å². The Kier molecular flexibility index (Phi) is 5.01. The summed E-state index contributed by atoms with van der Waals surface area (Å²) >= 11 is 0. The second-order valence-electron chi connectivity index (χ2n) is 5.94. The first-order valence-electron chi connectivity index (χ1n) is 7.99. The van der Waals surface area contributed by atoms with E-state index in [1.807, 2.05) is 13.0 Å². The zero-order valence-corrected chi connectivity index (χ0v) is 15.6. The molecule has 0 fully saturated rings. The van der Waals surface area contributed by atoms with Crippen LogP contribution in [0.15, 0.2) is 60.0 Å². The number of hydrogen-bond acceptors (Lipinski definition) is 6. The fraction of sp³-hybridized carbons (Fsp3) is 0.235. The molecule has 1 unspecified atom stereocenters. The maximum absolute atomic E-state index is 12.1. The third kappa shape index (κ3) is 3.73. The molecule has 0 aliphatic rings. The van der Waals surface area contributed by atoms with Gasteiger partial charge in [-0.1, -0.05) is 12.1 Å². The lowest BCUT2D eigenvalue weighted by atomic mass is 10.1. The van der Waals surface area contributed by atoms with Crippen LogP contribution in [0.2, 0.25) is 0 Å². The van der Waals surface area contributed by atoms with Crippen molar-refractivity contribution >= 4 is 15.8 Å². The molecule has 3 aromatic rings. The van der Waals surface area contributed by atoms with Crippen LogP contribution < -0.4 is 5.32 Å². The van der Waals surface area contributed by atoms with Crippen LogP contribution in [0.1, 0.15) is 18.5 Å². The van der Waals surface area contributed by atoms with E-state index in [9.17, 15) is 8.42 Å². The first kappa shape index (κ1) is 18.0. The Morgan fingerprint density at radius 1 is 1.15 bits per heavy atom. The van der Waals surface area contributed by atoms with E-state index in [1.165, 1.54) is 18.4 Å². The minimum Gasteiger partial charge on any atom is -0.362 e. The molecule has 0 radical (unpaired) electrons. The molecular formula is C17H20N6O2S. The third-order valence-electron chi connectivity index (χ3n) is 3.88. The minimum atomic E-state index is -3.43. The summed E-state index contributed by atoms with van der Waals surface area (Å²) in [4.78, 5) is 8.93. The predicted octanol–water partition coefficient (Wildman–Crippen LogP) is 2.09. The van der Waals surface area contributed by atoms with Crippen LogP contribution in [0.5, 0.6) is 0 Å². The summed E-state index contributed by atoms with van der Waals surface area (Å²) in [5.41, 5.74) is 0.939. The fourth-order valence-electron chi connectivity index (χ4n) is 2.38. The summed E-state index contributed by atoms with van der Waals surface area (Å²) in [6, 6.07) is 8.53. The minimum absolute atomic E-state index is 0.0757. The van der Waals surface area contributed by atoms with Gasteiger partial charge in [0, 0.05) is 32.5 Å². The Morgan fingerprint density at radius 2 is 1.88 bits per heavy atom. The average Bonchev–Trinajstić information content (AvgIpc) is 3.16. The largest absolute Gasteiger partial charge is 0.362 e. The lowest BCUT2D eigenvalue weighted by Crippen LogP contribution is -2.22. The van der Waals surface area contributed by atoms with Gasteiger partial charge in [0.15, 0.2) is 5.82 Å². The van der Waals surface area contributed by atoms with Crippen LogP contribution in [0.4, 0.5) is 5.82 Å². The molecule has 0 aliphatic heterocycles. The van der Waals surface area contributed by atoms with Crippen LogP contribution >= 0.6 is 0 Å². The Morgan fingerprint density at radius 3 is 2.50 bits per heavy atom. The summed E-state index contributed by atoms with van der Waals surface area (Å²) in [7, 11) is -0.403. The number of aromatic nitrogens is 4. The summed E-state index contributed by atoms with van der Waals surface area (Å²) < 4.78 is 27.1. The van der Waals surface area contributed by atoms with Gasteiger partial charge < -0.3 is 5.32 Å². The molecule has 8 nitrogen and oxygen atoms in total. The molecule has 0 spiro atoms. The van der Waals surface area contributed by atoms with Gasteiger partial charge in [0.2, 0.25) is 10.0 Å². The number of sulfonamides is 1. The standard InChI is InChI=1S/C17H20N6O2S/c1-13(14-5-7-15(8-6-14)26(24,25)22(2)3)20-16-11-18-12-17(21-16)23-10-4-9-19-23/h4-13H,1-3H3,(H,20,21). The highest BCUT2D eigenvalue weighted by molar-refractivity contribution is 7.89. The lowest BCUT2D eigenvalue weighted by Gasteiger charge is -2.16. The second-order valence-corrected chi connectivity index (χ2v) is 8.09. The quantitative estimate of drug-likeness (QED) is 0.712.